The van der Waals surface area contributed by atoms with E-state index in [0.717, 1.165) is 11.6 Å². The van der Waals surface area contributed by atoms with Gasteiger partial charge >= 0.3 is 11.9 Å². The van der Waals surface area contributed by atoms with Gasteiger partial charge < -0.3 is 9.47 Å². The van der Waals surface area contributed by atoms with Gasteiger partial charge in [0.15, 0.2) is 0 Å². The van der Waals surface area contributed by atoms with Crippen molar-refractivity contribution in [2.75, 3.05) is 13.2 Å². The van der Waals surface area contributed by atoms with Gasteiger partial charge in [-0.1, -0.05) is 90.6 Å². The molecule has 0 aromatic heterocycles. The molecule has 170 valence electrons. The van der Waals surface area contributed by atoms with Gasteiger partial charge in [0.1, 0.15) is 0 Å². The Balaban J connectivity index is 2.07. The second-order valence-electron chi connectivity index (χ2n) is 9.02. The van der Waals surface area contributed by atoms with Crippen molar-refractivity contribution in [3.63, 3.8) is 0 Å². The van der Waals surface area contributed by atoms with Crippen molar-refractivity contribution in [3.8, 4) is 0 Å². The maximum absolute atomic E-state index is 13.1. The molecule has 0 amide bonds. The van der Waals surface area contributed by atoms with Crippen LogP contribution in [-0.4, -0.2) is 33.2 Å². The summed E-state index contributed by atoms with van der Waals surface area (Å²) >= 11 is 0. The van der Waals surface area contributed by atoms with Crippen LogP contribution >= 0.6 is 0 Å². The number of ether oxygens (including phenoxy) is 2. The molecule has 0 spiro atoms. The second-order valence-corrected chi connectivity index (χ2v) is 13.8. The molecule has 32 heavy (non-hydrogen) atoms. The van der Waals surface area contributed by atoms with E-state index in [0.29, 0.717) is 13.0 Å². The van der Waals surface area contributed by atoms with Crippen LogP contribution in [0.15, 0.2) is 71.9 Å². The monoisotopic (exact) mass is 450 g/mol. The number of carbonyl (C=O) groups excluding carboxylic acids is 2. The fraction of sp³-hybridized carbons (Fsp3) is 0.407. The number of rotatable bonds is 8. The van der Waals surface area contributed by atoms with Gasteiger partial charge in [-0.3, -0.25) is 9.59 Å². The molecule has 2 aromatic rings. The summed E-state index contributed by atoms with van der Waals surface area (Å²) in [6.07, 6.45) is 2.82. The lowest BCUT2D eigenvalue weighted by Crippen LogP contribution is -2.44. The summed E-state index contributed by atoms with van der Waals surface area (Å²) in [6.45, 7) is 8.89. The quantitative estimate of drug-likeness (QED) is 0.394. The molecule has 1 aliphatic carbocycles. The third-order valence-corrected chi connectivity index (χ3v) is 9.73. The van der Waals surface area contributed by atoms with E-state index in [-0.39, 0.29) is 24.5 Å². The normalized spacial score (nSPS) is 20.9. The lowest BCUT2D eigenvalue weighted by molar-refractivity contribution is -0.161. The smallest absolute Gasteiger partial charge is 0.310 e. The molecule has 0 heterocycles. The van der Waals surface area contributed by atoms with Crippen LogP contribution in [0.1, 0.15) is 37.3 Å². The molecule has 0 bridgehead atoms. The second kappa shape index (κ2) is 10.8. The van der Waals surface area contributed by atoms with Gasteiger partial charge in [0.25, 0.3) is 0 Å². The van der Waals surface area contributed by atoms with E-state index in [4.69, 9.17) is 9.47 Å². The van der Waals surface area contributed by atoms with Crippen LogP contribution < -0.4 is 0 Å². The van der Waals surface area contributed by atoms with E-state index < -0.39 is 19.9 Å². The molecule has 0 unspecified atom stereocenters. The van der Waals surface area contributed by atoms with Crippen molar-refractivity contribution in [1.82, 2.24) is 0 Å². The summed E-state index contributed by atoms with van der Waals surface area (Å²) in [4.78, 5) is 26.2. The lowest BCUT2D eigenvalue weighted by atomic mass is 9.72. The summed E-state index contributed by atoms with van der Waals surface area (Å²) in [5, 5.41) is 1.31. The minimum atomic E-state index is -1.91. The molecule has 1 aliphatic rings. The Kier molecular flexibility index (Phi) is 8.08. The fourth-order valence-corrected chi connectivity index (χ4v) is 7.62. The maximum Gasteiger partial charge on any atom is 0.310 e. The van der Waals surface area contributed by atoms with Crippen LogP contribution in [0.2, 0.25) is 13.1 Å². The number of hydrogen-bond donors (Lipinski definition) is 0. The average Bonchev–Trinajstić information content (AvgIpc) is 2.79. The SMILES string of the molecule is CCOC(=O)[C@H]1[C@@H](c2ccccc2)C=C([Si](C)(C)Cc2ccccc2)C[C@H]1C(=O)OCC. The van der Waals surface area contributed by atoms with E-state index in [2.05, 4.69) is 43.4 Å². The lowest BCUT2D eigenvalue weighted by Gasteiger charge is -2.39. The average molecular weight is 451 g/mol. The Hall–Kier alpha value is -2.66. The molecule has 0 aliphatic heterocycles. The maximum atomic E-state index is 13.1. The molecule has 2 aromatic carbocycles. The summed E-state index contributed by atoms with van der Waals surface area (Å²) in [7, 11) is -1.91. The molecule has 0 fully saturated rings. The first kappa shape index (κ1) is 24.0. The number of esters is 2. The zero-order valence-corrected chi connectivity index (χ0v) is 20.5. The van der Waals surface area contributed by atoms with Crippen molar-refractivity contribution >= 4 is 20.0 Å². The van der Waals surface area contributed by atoms with Crippen LogP contribution in [0.3, 0.4) is 0 Å². The summed E-state index contributed by atoms with van der Waals surface area (Å²) in [6, 6.07) is 21.5. The molecular formula is C27H34O4Si. The van der Waals surface area contributed by atoms with Gasteiger partial charge in [-0.05, 0) is 31.9 Å². The predicted molar refractivity (Wildman–Crippen MR) is 130 cm³/mol. The summed E-state index contributed by atoms with van der Waals surface area (Å²) in [5.74, 6) is -1.96. The van der Waals surface area contributed by atoms with E-state index >= 15 is 0 Å². The molecule has 0 saturated heterocycles. The zero-order chi connectivity index (χ0) is 23.1. The summed E-state index contributed by atoms with van der Waals surface area (Å²) < 4.78 is 10.9. The fourth-order valence-electron chi connectivity index (χ4n) is 4.73. The zero-order valence-electron chi connectivity index (χ0n) is 19.5. The Morgan fingerprint density at radius 3 is 2.03 bits per heavy atom. The van der Waals surface area contributed by atoms with Gasteiger partial charge in [-0.25, -0.2) is 0 Å². The van der Waals surface area contributed by atoms with Crippen molar-refractivity contribution in [2.24, 2.45) is 11.8 Å². The highest BCUT2D eigenvalue weighted by Gasteiger charge is 2.46. The Morgan fingerprint density at radius 2 is 1.44 bits per heavy atom. The van der Waals surface area contributed by atoms with Crippen LogP contribution in [0, 0.1) is 11.8 Å². The van der Waals surface area contributed by atoms with Crippen molar-refractivity contribution in [1.29, 1.82) is 0 Å². The topological polar surface area (TPSA) is 52.6 Å². The van der Waals surface area contributed by atoms with Crippen LogP contribution in [-0.2, 0) is 25.1 Å². The molecule has 3 rings (SSSR count). The number of benzene rings is 2. The Labute approximate surface area is 192 Å². The van der Waals surface area contributed by atoms with Crippen LogP contribution in [0.5, 0.6) is 0 Å². The first-order valence-corrected chi connectivity index (χ1v) is 14.7. The molecule has 5 heteroatoms. The Bertz CT molecular complexity index is 937. The molecule has 0 saturated carbocycles. The minimum Gasteiger partial charge on any atom is -0.466 e. The highest BCUT2D eigenvalue weighted by molar-refractivity contribution is 6.83. The van der Waals surface area contributed by atoms with Crippen LogP contribution in [0.25, 0.3) is 0 Å². The van der Waals surface area contributed by atoms with Crippen molar-refractivity contribution in [3.05, 3.63) is 83.1 Å². The van der Waals surface area contributed by atoms with Crippen molar-refractivity contribution < 1.29 is 19.1 Å². The third kappa shape index (κ3) is 5.57. The molecule has 0 radical (unpaired) electrons. The number of hydrogen-bond acceptors (Lipinski definition) is 4. The predicted octanol–water partition coefficient (Wildman–Crippen LogP) is 5.49. The molecule has 4 nitrogen and oxygen atoms in total. The van der Waals surface area contributed by atoms with E-state index in [1.807, 2.05) is 36.4 Å². The Morgan fingerprint density at radius 1 is 0.875 bits per heavy atom. The van der Waals surface area contributed by atoms with Gasteiger partial charge in [-0.2, -0.15) is 0 Å². The van der Waals surface area contributed by atoms with E-state index in [1.54, 1.807) is 13.8 Å². The number of allylic oxidation sites excluding steroid dienone is 2. The molecular weight excluding hydrogens is 416 g/mol. The van der Waals surface area contributed by atoms with Crippen molar-refractivity contribution in [2.45, 2.75) is 45.3 Å². The standard InChI is InChI=1S/C27H34O4Si/c1-5-30-26(28)24-18-22(32(3,4)19-20-13-9-7-10-14-20)17-23(21-15-11-8-12-16-21)25(24)27(29)31-6-2/h7-17,23-25H,5-6,18-19H2,1-4H3/t23-,24-,25+/m1/s1. The summed E-state index contributed by atoms with van der Waals surface area (Å²) in [5.41, 5.74) is 2.34. The van der Waals surface area contributed by atoms with Gasteiger partial charge in [0.05, 0.1) is 33.1 Å². The first-order chi connectivity index (χ1) is 15.4. The highest BCUT2D eigenvalue weighted by Crippen LogP contribution is 2.44. The molecule has 3 atom stereocenters. The van der Waals surface area contributed by atoms with Gasteiger partial charge in [0.2, 0.25) is 0 Å². The molecule has 0 N–H and O–H groups in total. The van der Waals surface area contributed by atoms with E-state index in [1.165, 1.54) is 10.8 Å². The van der Waals surface area contributed by atoms with Gasteiger partial charge in [-0.15, -0.1) is 0 Å². The number of carbonyl (C=O) groups is 2. The highest BCUT2D eigenvalue weighted by atomic mass is 28.3. The van der Waals surface area contributed by atoms with Crippen LogP contribution in [0.4, 0.5) is 0 Å². The largest absolute Gasteiger partial charge is 0.466 e. The first-order valence-electron chi connectivity index (χ1n) is 11.5. The van der Waals surface area contributed by atoms with E-state index in [9.17, 15) is 9.59 Å². The third-order valence-electron chi connectivity index (χ3n) is 6.33. The minimum absolute atomic E-state index is 0.212. The van der Waals surface area contributed by atoms with Gasteiger partial charge in [0, 0.05) is 5.92 Å².